The minimum atomic E-state index is -0.673. The van der Waals surface area contributed by atoms with E-state index in [0.29, 0.717) is 18.6 Å². The highest BCUT2D eigenvalue weighted by atomic mass is 35.5. The molecule has 6 nitrogen and oxygen atoms in total. The van der Waals surface area contributed by atoms with Crippen LogP contribution in [0.5, 0.6) is 0 Å². The van der Waals surface area contributed by atoms with E-state index in [2.05, 4.69) is 20.2 Å². The van der Waals surface area contributed by atoms with Crippen molar-refractivity contribution in [1.29, 1.82) is 0 Å². The molecule has 2 N–H and O–H groups in total. The van der Waals surface area contributed by atoms with Crippen molar-refractivity contribution < 1.29 is 5.11 Å². The van der Waals surface area contributed by atoms with Crippen molar-refractivity contribution in [2.24, 2.45) is 0 Å². The quantitative estimate of drug-likeness (QED) is 0.741. The van der Waals surface area contributed by atoms with E-state index in [-0.39, 0.29) is 5.28 Å². The lowest BCUT2D eigenvalue weighted by molar-refractivity contribution is 0.0839. The zero-order chi connectivity index (χ0) is 12.0. The highest BCUT2D eigenvalue weighted by Gasteiger charge is 2.33. The highest BCUT2D eigenvalue weighted by Crippen LogP contribution is 2.30. The van der Waals surface area contributed by atoms with Gasteiger partial charge in [0.25, 0.3) is 0 Å². The fourth-order valence-corrected chi connectivity index (χ4v) is 2.32. The normalized spacial score (nSPS) is 24.8. The van der Waals surface area contributed by atoms with E-state index in [1.165, 1.54) is 0 Å². The summed E-state index contributed by atoms with van der Waals surface area (Å²) in [6.07, 6.45) is 2.39. The van der Waals surface area contributed by atoms with E-state index in [1.807, 2.05) is 11.8 Å². The lowest BCUT2D eigenvalue weighted by Crippen LogP contribution is -2.30. The molecule has 0 spiro atoms. The molecule has 2 aromatic rings. The van der Waals surface area contributed by atoms with Gasteiger partial charge < -0.3 is 10.0 Å². The van der Waals surface area contributed by atoms with Gasteiger partial charge in [-0.05, 0) is 24.9 Å². The van der Waals surface area contributed by atoms with Gasteiger partial charge in [-0.15, -0.1) is 0 Å². The van der Waals surface area contributed by atoms with Crippen LogP contribution in [0.25, 0.3) is 11.0 Å². The van der Waals surface area contributed by atoms with Crippen molar-refractivity contribution in [2.75, 3.05) is 18.0 Å². The third-order valence-electron chi connectivity index (χ3n) is 3.01. The van der Waals surface area contributed by atoms with Crippen LogP contribution in [-0.2, 0) is 0 Å². The molecule has 2 aromatic heterocycles. The van der Waals surface area contributed by atoms with Gasteiger partial charge in [-0.3, -0.25) is 5.10 Å². The van der Waals surface area contributed by atoms with Gasteiger partial charge in [0, 0.05) is 13.1 Å². The second-order valence-electron chi connectivity index (χ2n) is 4.62. The highest BCUT2D eigenvalue weighted by molar-refractivity contribution is 6.28. The first kappa shape index (κ1) is 10.7. The maximum Gasteiger partial charge on any atom is 0.226 e. The Morgan fingerprint density at radius 2 is 2.35 bits per heavy atom. The molecule has 1 unspecified atom stereocenters. The summed E-state index contributed by atoms with van der Waals surface area (Å²) in [7, 11) is 0. The number of hydrogen-bond donors (Lipinski definition) is 2. The molecule has 0 saturated carbocycles. The van der Waals surface area contributed by atoms with Crippen molar-refractivity contribution in [3.8, 4) is 0 Å². The number of nitrogens with zero attached hydrogens (tertiary/aromatic N) is 4. The topological polar surface area (TPSA) is 77.9 Å². The maximum absolute atomic E-state index is 9.98. The van der Waals surface area contributed by atoms with Crippen molar-refractivity contribution in [3.63, 3.8) is 0 Å². The smallest absolute Gasteiger partial charge is 0.226 e. The van der Waals surface area contributed by atoms with Gasteiger partial charge >= 0.3 is 0 Å². The first-order valence-electron chi connectivity index (χ1n) is 5.39. The molecular formula is C10H12ClN5O. The SMILES string of the molecule is CC1(O)CCN(c2nc(Cl)nc3[nH]ncc23)C1. The lowest BCUT2D eigenvalue weighted by atomic mass is 10.1. The van der Waals surface area contributed by atoms with Gasteiger partial charge in [0.05, 0.1) is 17.2 Å². The summed E-state index contributed by atoms with van der Waals surface area (Å²) >= 11 is 5.87. The Labute approximate surface area is 103 Å². The first-order chi connectivity index (χ1) is 8.05. The van der Waals surface area contributed by atoms with Gasteiger partial charge in [0.2, 0.25) is 5.28 Å². The van der Waals surface area contributed by atoms with Gasteiger partial charge in [-0.25, -0.2) is 0 Å². The van der Waals surface area contributed by atoms with Gasteiger partial charge in [0.1, 0.15) is 5.82 Å². The average molecular weight is 254 g/mol. The van der Waals surface area contributed by atoms with Crippen LogP contribution in [-0.4, -0.2) is 44.0 Å². The number of aromatic nitrogens is 4. The molecule has 0 radical (unpaired) electrons. The molecule has 0 bridgehead atoms. The van der Waals surface area contributed by atoms with Gasteiger partial charge in [-0.2, -0.15) is 15.1 Å². The Balaban J connectivity index is 2.08. The summed E-state index contributed by atoms with van der Waals surface area (Å²) in [6.45, 7) is 3.11. The Kier molecular flexibility index (Phi) is 2.24. The predicted molar refractivity (Wildman–Crippen MR) is 64.1 cm³/mol. The fourth-order valence-electron chi connectivity index (χ4n) is 2.16. The number of rotatable bonds is 1. The number of nitrogens with one attached hydrogen (secondary N) is 1. The summed E-state index contributed by atoms with van der Waals surface area (Å²) in [5.41, 5.74) is -0.0560. The summed E-state index contributed by atoms with van der Waals surface area (Å²) in [6, 6.07) is 0. The van der Waals surface area contributed by atoms with Crippen molar-refractivity contribution >= 4 is 28.5 Å². The summed E-state index contributed by atoms with van der Waals surface area (Å²) in [4.78, 5) is 10.3. The molecule has 1 saturated heterocycles. The maximum atomic E-state index is 9.98. The molecule has 0 aromatic carbocycles. The molecular weight excluding hydrogens is 242 g/mol. The lowest BCUT2D eigenvalue weighted by Gasteiger charge is -2.20. The molecule has 1 aliphatic heterocycles. The van der Waals surface area contributed by atoms with Crippen molar-refractivity contribution in [2.45, 2.75) is 18.9 Å². The number of halogens is 1. The Morgan fingerprint density at radius 3 is 3.06 bits per heavy atom. The number of H-pyrrole nitrogens is 1. The van der Waals surface area contributed by atoms with E-state index in [1.54, 1.807) is 6.20 Å². The van der Waals surface area contributed by atoms with Crippen LogP contribution in [0.4, 0.5) is 5.82 Å². The molecule has 3 rings (SSSR count). The third-order valence-corrected chi connectivity index (χ3v) is 3.18. The number of hydrogen-bond acceptors (Lipinski definition) is 5. The van der Waals surface area contributed by atoms with Crippen LogP contribution in [0, 0.1) is 0 Å². The molecule has 0 aliphatic carbocycles. The average Bonchev–Trinajstić information content (AvgIpc) is 2.82. The second kappa shape index (κ2) is 3.54. The molecule has 3 heterocycles. The molecule has 90 valence electrons. The molecule has 1 aliphatic rings. The zero-order valence-corrected chi connectivity index (χ0v) is 10.1. The largest absolute Gasteiger partial charge is 0.388 e. The molecule has 1 fully saturated rings. The predicted octanol–water partition coefficient (Wildman–Crippen LogP) is 0.967. The number of aromatic amines is 1. The van der Waals surface area contributed by atoms with Gasteiger partial charge in [0.15, 0.2) is 5.65 Å². The Morgan fingerprint density at radius 1 is 1.53 bits per heavy atom. The zero-order valence-electron chi connectivity index (χ0n) is 9.31. The number of fused-ring (bicyclic) bond motifs is 1. The molecule has 7 heteroatoms. The fraction of sp³-hybridized carbons (Fsp3) is 0.500. The number of β-amino-alcohol motifs (C(OH)–C–C–N with tert-alkyl or cyclic N) is 1. The minimum absolute atomic E-state index is 0.184. The van der Waals surface area contributed by atoms with Gasteiger partial charge in [-0.1, -0.05) is 0 Å². The molecule has 0 amide bonds. The van der Waals surface area contributed by atoms with Crippen LogP contribution in [0.2, 0.25) is 5.28 Å². The Hall–Kier alpha value is -1.40. The van der Waals surface area contributed by atoms with Crippen LogP contribution in [0.15, 0.2) is 6.20 Å². The monoisotopic (exact) mass is 253 g/mol. The van der Waals surface area contributed by atoms with Crippen LogP contribution in [0.3, 0.4) is 0 Å². The minimum Gasteiger partial charge on any atom is -0.388 e. The summed E-state index contributed by atoms with van der Waals surface area (Å²) in [5, 5.41) is 17.7. The molecule has 1 atom stereocenters. The molecule has 17 heavy (non-hydrogen) atoms. The van der Waals surface area contributed by atoms with Crippen molar-refractivity contribution in [1.82, 2.24) is 20.2 Å². The van der Waals surface area contributed by atoms with Crippen LogP contribution < -0.4 is 4.90 Å². The standard InChI is InChI=1S/C10H12ClN5O/c1-10(17)2-3-16(5-10)8-6-4-12-15-7(6)13-9(11)14-8/h4,17H,2-3,5H2,1H3,(H,12,13,14,15). The summed E-state index contributed by atoms with van der Waals surface area (Å²) < 4.78 is 0. The van der Waals surface area contributed by atoms with Crippen LogP contribution >= 0.6 is 11.6 Å². The number of anilines is 1. The van der Waals surface area contributed by atoms with E-state index < -0.39 is 5.60 Å². The van der Waals surface area contributed by atoms with E-state index in [9.17, 15) is 5.11 Å². The third kappa shape index (κ3) is 1.83. The van der Waals surface area contributed by atoms with Crippen LogP contribution in [0.1, 0.15) is 13.3 Å². The van der Waals surface area contributed by atoms with E-state index in [4.69, 9.17) is 11.6 Å². The van der Waals surface area contributed by atoms with E-state index in [0.717, 1.165) is 17.7 Å². The first-order valence-corrected chi connectivity index (χ1v) is 5.77. The van der Waals surface area contributed by atoms with E-state index >= 15 is 0 Å². The second-order valence-corrected chi connectivity index (χ2v) is 4.96. The van der Waals surface area contributed by atoms with Crippen molar-refractivity contribution in [3.05, 3.63) is 11.5 Å². The number of aliphatic hydroxyl groups is 1. The summed E-state index contributed by atoms with van der Waals surface area (Å²) in [5.74, 6) is 0.728. The Bertz CT molecular complexity index is 567.